The molecule has 2 aromatic rings. The van der Waals surface area contributed by atoms with Crippen LogP contribution in [0, 0.1) is 12.7 Å². The standard InChI is InChI=1S/C15H14F4N2O2S/c1-10-20-12(8-24-10)6-21(13-4-2-11(16)3-5-13)14(22)7-23-9-15(17,18)19/h2-5,8H,6-7,9H2,1H3. The molecular weight excluding hydrogens is 348 g/mol. The number of aryl methyl sites for hydroxylation is 1. The molecule has 1 heterocycles. The maximum Gasteiger partial charge on any atom is 0.411 e. The van der Waals surface area contributed by atoms with Crippen molar-refractivity contribution in [3.05, 3.63) is 46.2 Å². The van der Waals surface area contributed by atoms with Crippen LogP contribution in [0.4, 0.5) is 23.2 Å². The normalized spacial score (nSPS) is 11.5. The number of nitrogens with zero attached hydrogens (tertiary/aromatic N) is 2. The highest BCUT2D eigenvalue weighted by Crippen LogP contribution is 2.20. The van der Waals surface area contributed by atoms with E-state index in [-0.39, 0.29) is 6.54 Å². The van der Waals surface area contributed by atoms with Gasteiger partial charge in [-0.3, -0.25) is 4.79 Å². The molecule has 0 fully saturated rings. The lowest BCUT2D eigenvalue weighted by molar-refractivity contribution is -0.175. The molecule has 0 spiro atoms. The highest BCUT2D eigenvalue weighted by Gasteiger charge is 2.28. The van der Waals surface area contributed by atoms with E-state index in [0.717, 1.165) is 5.01 Å². The summed E-state index contributed by atoms with van der Waals surface area (Å²) in [6, 6.07) is 5.07. The number of anilines is 1. The van der Waals surface area contributed by atoms with Crippen molar-refractivity contribution in [2.75, 3.05) is 18.1 Å². The highest BCUT2D eigenvalue weighted by atomic mass is 32.1. The van der Waals surface area contributed by atoms with E-state index in [1.54, 1.807) is 12.3 Å². The number of amides is 1. The number of halogens is 4. The Labute approximate surface area is 139 Å². The zero-order valence-corrected chi connectivity index (χ0v) is 13.5. The van der Waals surface area contributed by atoms with Crippen molar-refractivity contribution < 1.29 is 27.1 Å². The molecule has 1 aromatic heterocycles. The summed E-state index contributed by atoms with van der Waals surface area (Å²) in [7, 11) is 0. The third kappa shape index (κ3) is 5.57. The lowest BCUT2D eigenvalue weighted by Gasteiger charge is -2.22. The van der Waals surface area contributed by atoms with Gasteiger partial charge in [-0.15, -0.1) is 11.3 Å². The van der Waals surface area contributed by atoms with Gasteiger partial charge in [0.05, 0.1) is 17.2 Å². The zero-order chi connectivity index (χ0) is 17.7. The first kappa shape index (κ1) is 18.3. The fraction of sp³-hybridized carbons (Fsp3) is 0.333. The molecule has 4 nitrogen and oxygen atoms in total. The van der Waals surface area contributed by atoms with Gasteiger partial charge < -0.3 is 9.64 Å². The number of hydrogen-bond acceptors (Lipinski definition) is 4. The summed E-state index contributed by atoms with van der Waals surface area (Å²) in [6.45, 7) is -0.388. The number of ether oxygens (including phenoxy) is 1. The van der Waals surface area contributed by atoms with E-state index < -0.39 is 31.1 Å². The van der Waals surface area contributed by atoms with Crippen LogP contribution in [-0.4, -0.2) is 30.3 Å². The second-order valence-corrected chi connectivity index (χ2v) is 5.98. The number of thiazole rings is 1. The molecule has 0 N–H and O–H groups in total. The molecule has 24 heavy (non-hydrogen) atoms. The Morgan fingerprint density at radius 3 is 2.50 bits per heavy atom. The van der Waals surface area contributed by atoms with Crippen LogP contribution in [0.25, 0.3) is 0 Å². The van der Waals surface area contributed by atoms with Crippen molar-refractivity contribution in [2.24, 2.45) is 0 Å². The summed E-state index contributed by atoms with van der Waals surface area (Å²) < 4.78 is 53.8. The van der Waals surface area contributed by atoms with Crippen molar-refractivity contribution in [1.82, 2.24) is 4.98 Å². The van der Waals surface area contributed by atoms with Crippen LogP contribution in [0.2, 0.25) is 0 Å². The van der Waals surface area contributed by atoms with E-state index in [1.165, 1.54) is 40.5 Å². The van der Waals surface area contributed by atoms with Gasteiger partial charge in [-0.25, -0.2) is 9.37 Å². The van der Waals surface area contributed by atoms with Crippen LogP contribution in [0.15, 0.2) is 29.6 Å². The third-order valence-corrected chi connectivity index (χ3v) is 3.74. The average molecular weight is 362 g/mol. The predicted molar refractivity (Wildman–Crippen MR) is 81.3 cm³/mol. The van der Waals surface area contributed by atoms with Crippen molar-refractivity contribution in [3.8, 4) is 0 Å². The fourth-order valence-corrected chi connectivity index (χ4v) is 2.52. The molecule has 0 bridgehead atoms. The average Bonchev–Trinajstić information content (AvgIpc) is 2.90. The Morgan fingerprint density at radius 1 is 1.29 bits per heavy atom. The minimum absolute atomic E-state index is 0.0597. The van der Waals surface area contributed by atoms with Crippen LogP contribution < -0.4 is 4.90 Å². The van der Waals surface area contributed by atoms with Crippen molar-refractivity contribution in [2.45, 2.75) is 19.6 Å². The molecule has 9 heteroatoms. The van der Waals surface area contributed by atoms with Gasteiger partial charge in [0.2, 0.25) is 0 Å². The number of hydrogen-bond donors (Lipinski definition) is 0. The van der Waals surface area contributed by atoms with Gasteiger partial charge in [-0.05, 0) is 31.2 Å². The van der Waals surface area contributed by atoms with Crippen molar-refractivity contribution >= 4 is 22.9 Å². The molecule has 0 saturated heterocycles. The number of carbonyl (C=O) groups is 1. The van der Waals surface area contributed by atoms with E-state index in [4.69, 9.17) is 0 Å². The smallest absolute Gasteiger partial charge is 0.362 e. The fourth-order valence-electron chi connectivity index (χ4n) is 1.92. The summed E-state index contributed by atoms with van der Waals surface area (Å²) in [4.78, 5) is 17.7. The number of aromatic nitrogens is 1. The van der Waals surface area contributed by atoms with Crippen molar-refractivity contribution in [3.63, 3.8) is 0 Å². The number of alkyl halides is 3. The maximum absolute atomic E-state index is 13.1. The van der Waals surface area contributed by atoms with E-state index >= 15 is 0 Å². The topological polar surface area (TPSA) is 42.4 Å². The summed E-state index contributed by atoms with van der Waals surface area (Å²) in [6.07, 6.45) is -4.51. The van der Waals surface area contributed by atoms with Crippen LogP contribution in [-0.2, 0) is 16.1 Å². The monoisotopic (exact) mass is 362 g/mol. The van der Waals surface area contributed by atoms with Gasteiger partial charge in [0.1, 0.15) is 19.0 Å². The van der Waals surface area contributed by atoms with E-state index in [2.05, 4.69) is 9.72 Å². The van der Waals surface area contributed by atoms with Crippen LogP contribution >= 0.6 is 11.3 Å². The first-order valence-electron chi connectivity index (χ1n) is 6.86. The number of carbonyl (C=O) groups excluding carboxylic acids is 1. The Morgan fingerprint density at radius 2 is 1.96 bits per heavy atom. The lowest BCUT2D eigenvalue weighted by atomic mass is 10.2. The molecule has 0 aliphatic heterocycles. The zero-order valence-electron chi connectivity index (χ0n) is 12.6. The first-order valence-corrected chi connectivity index (χ1v) is 7.74. The largest absolute Gasteiger partial charge is 0.411 e. The molecule has 0 aliphatic carbocycles. The molecule has 0 radical (unpaired) electrons. The quantitative estimate of drug-likeness (QED) is 0.736. The van der Waals surface area contributed by atoms with Gasteiger partial charge in [0.15, 0.2) is 0 Å². The SMILES string of the molecule is Cc1nc(CN(C(=O)COCC(F)(F)F)c2ccc(F)cc2)cs1. The Hall–Kier alpha value is -2.00. The van der Waals surface area contributed by atoms with Crippen LogP contribution in [0.1, 0.15) is 10.7 Å². The molecule has 0 aliphatic rings. The Balaban J connectivity index is 2.12. The first-order chi connectivity index (χ1) is 11.2. The Kier molecular flexibility index (Phi) is 5.89. The molecule has 2 rings (SSSR count). The summed E-state index contributed by atoms with van der Waals surface area (Å²) in [5.41, 5.74) is 0.939. The maximum atomic E-state index is 13.1. The van der Waals surface area contributed by atoms with Gasteiger partial charge >= 0.3 is 6.18 Å². The van der Waals surface area contributed by atoms with Gasteiger partial charge in [-0.2, -0.15) is 13.2 Å². The van der Waals surface area contributed by atoms with Crippen LogP contribution in [0.3, 0.4) is 0 Å². The second kappa shape index (κ2) is 7.71. The summed E-state index contributed by atoms with van der Waals surface area (Å²) in [5.74, 6) is -1.15. The third-order valence-electron chi connectivity index (χ3n) is 2.92. The Bertz CT molecular complexity index is 686. The second-order valence-electron chi connectivity index (χ2n) is 4.92. The van der Waals surface area contributed by atoms with E-state index in [9.17, 15) is 22.4 Å². The lowest BCUT2D eigenvalue weighted by Crippen LogP contribution is -2.34. The molecule has 0 saturated carbocycles. The molecular formula is C15H14F4N2O2S. The van der Waals surface area contributed by atoms with Gasteiger partial charge in [0, 0.05) is 11.1 Å². The van der Waals surface area contributed by atoms with Gasteiger partial charge in [0.25, 0.3) is 5.91 Å². The van der Waals surface area contributed by atoms with Crippen LogP contribution in [0.5, 0.6) is 0 Å². The highest BCUT2D eigenvalue weighted by molar-refractivity contribution is 7.09. The minimum Gasteiger partial charge on any atom is -0.362 e. The summed E-state index contributed by atoms with van der Waals surface area (Å²) >= 11 is 1.39. The van der Waals surface area contributed by atoms with E-state index in [1.807, 2.05) is 0 Å². The summed E-state index contributed by atoms with van der Waals surface area (Å²) in [5, 5.41) is 2.54. The molecule has 1 amide bonds. The molecule has 0 unspecified atom stereocenters. The molecule has 1 aromatic carbocycles. The minimum atomic E-state index is -4.51. The van der Waals surface area contributed by atoms with E-state index in [0.29, 0.717) is 11.4 Å². The number of rotatable bonds is 6. The molecule has 0 atom stereocenters. The molecule has 130 valence electrons. The van der Waals surface area contributed by atoms with Crippen molar-refractivity contribution in [1.29, 1.82) is 0 Å². The van der Waals surface area contributed by atoms with Gasteiger partial charge in [-0.1, -0.05) is 0 Å². The number of benzene rings is 1. The predicted octanol–water partition coefficient (Wildman–Crippen LogP) is 3.70.